The van der Waals surface area contributed by atoms with Crippen molar-refractivity contribution >= 4 is 18.0 Å². The van der Waals surface area contributed by atoms with E-state index in [9.17, 15) is 29.6 Å². The number of carboxylic acids is 1. The van der Waals surface area contributed by atoms with Gasteiger partial charge in [-0.3, -0.25) is 4.79 Å². The van der Waals surface area contributed by atoms with Crippen LogP contribution in [0.15, 0.2) is 48.5 Å². The maximum absolute atomic E-state index is 13.0. The Bertz CT molecular complexity index is 1460. The highest BCUT2D eigenvalue weighted by Gasteiger charge is 2.32. The van der Waals surface area contributed by atoms with Gasteiger partial charge >= 0.3 is 12.1 Å². The van der Waals surface area contributed by atoms with Gasteiger partial charge < -0.3 is 24.3 Å². The third kappa shape index (κ3) is 10.2. The van der Waals surface area contributed by atoms with Crippen molar-refractivity contribution in [1.82, 2.24) is 25.1 Å². The minimum Gasteiger partial charge on any atom is -0.480 e. The number of amides is 1. The maximum Gasteiger partial charge on any atom is 0.510 e. The number of aliphatic carboxylic acids is 1. The summed E-state index contributed by atoms with van der Waals surface area (Å²) < 4.78 is 10.2. The topological polar surface area (TPSA) is 189 Å². The molecule has 2 aromatic carbocycles. The van der Waals surface area contributed by atoms with Gasteiger partial charge in [0, 0.05) is 18.5 Å². The Kier molecular flexibility index (Phi) is 13.4. The molecule has 1 aromatic heterocycles. The zero-order chi connectivity index (χ0) is 33.6. The quantitative estimate of drug-likeness (QED) is 0.0819. The van der Waals surface area contributed by atoms with Crippen molar-refractivity contribution in [3.05, 3.63) is 64.2 Å². The normalized spacial score (nSPS) is 12.3. The molecule has 0 fully saturated rings. The van der Waals surface area contributed by atoms with Crippen LogP contribution in [0.4, 0.5) is 4.79 Å². The Balaban J connectivity index is 1.70. The summed E-state index contributed by atoms with van der Waals surface area (Å²) in [6, 6.07) is 14.0. The number of hydrogen-bond donors (Lipinski definition) is 1. The summed E-state index contributed by atoms with van der Waals surface area (Å²) in [5.74, 6) is -1.18. The van der Waals surface area contributed by atoms with Gasteiger partial charge in [0.25, 0.3) is 5.09 Å². The molecule has 248 valence electrons. The first-order valence-corrected chi connectivity index (χ1v) is 15.1. The van der Waals surface area contributed by atoms with E-state index in [4.69, 9.17) is 9.47 Å². The smallest absolute Gasteiger partial charge is 0.480 e. The predicted octanol–water partition coefficient (Wildman–Crippen LogP) is 5.30. The lowest BCUT2D eigenvalue weighted by Gasteiger charge is -2.32. The highest BCUT2D eigenvalue weighted by Crippen LogP contribution is 2.30. The molecule has 3 rings (SSSR count). The second kappa shape index (κ2) is 17.4. The Hall–Kier alpha value is -5.08. The molecule has 0 bridgehead atoms. The van der Waals surface area contributed by atoms with Crippen molar-refractivity contribution in [3.8, 4) is 22.5 Å². The van der Waals surface area contributed by atoms with E-state index in [0.29, 0.717) is 37.1 Å². The number of aromatic nitrogens is 4. The molecule has 15 nitrogen and oxygen atoms in total. The predicted molar refractivity (Wildman–Crippen MR) is 164 cm³/mol. The van der Waals surface area contributed by atoms with Crippen LogP contribution in [0, 0.1) is 16.0 Å². The van der Waals surface area contributed by atoms with Gasteiger partial charge in [-0.25, -0.2) is 9.59 Å². The minimum atomic E-state index is -1.03. The van der Waals surface area contributed by atoms with Gasteiger partial charge in [0.2, 0.25) is 18.0 Å². The number of hydrogen-bond acceptors (Lipinski definition) is 11. The van der Waals surface area contributed by atoms with Gasteiger partial charge in [0.1, 0.15) is 6.04 Å². The fourth-order valence-corrected chi connectivity index (χ4v) is 4.71. The average Bonchev–Trinajstić information content (AvgIpc) is 3.52. The first kappa shape index (κ1) is 35.4. The fourth-order valence-electron chi connectivity index (χ4n) is 4.71. The number of carbonyl (C=O) groups is 3. The number of carbonyl (C=O) groups excluding carboxylic acids is 2. The Morgan fingerprint density at radius 3 is 2.30 bits per heavy atom. The molecule has 0 saturated heterocycles. The molecule has 2 unspecified atom stereocenters. The van der Waals surface area contributed by atoms with Gasteiger partial charge in [0.15, 0.2) is 0 Å². The van der Waals surface area contributed by atoms with Crippen LogP contribution in [0.25, 0.3) is 22.5 Å². The lowest BCUT2D eigenvalue weighted by Crippen LogP contribution is -2.47. The summed E-state index contributed by atoms with van der Waals surface area (Å²) in [5, 5.41) is 31.7. The molecule has 0 aliphatic carbocycles. The molecule has 15 heteroatoms. The lowest BCUT2D eigenvalue weighted by molar-refractivity contribution is -0.757. The van der Waals surface area contributed by atoms with Gasteiger partial charge in [-0.05, 0) is 54.0 Å². The minimum absolute atomic E-state index is 0.000108. The number of unbranched alkanes of at least 4 members (excludes halogenated alkanes) is 2. The van der Waals surface area contributed by atoms with E-state index in [1.165, 1.54) is 4.90 Å². The number of nitrogens with zero attached hydrogens (tertiary/aromatic N) is 6. The molecule has 46 heavy (non-hydrogen) atoms. The molecule has 0 saturated carbocycles. The van der Waals surface area contributed by atoms with Crippen molar-refractivity contribution in [2.75, 3.05) is 13.2 Å². The molecule has 1 heterocycles. The Morgan fingerprint density at radius 1 is 1.00 bits per heavy atom. The number of carboxylic acid groups (broad SMARTS) is 1. The van der Waals surface area contributed by atoms with Crippen molar-refractivity contribution in [3.63, 3.8) is 0 Å². The molecular formula is C31H40N6O9. The molecular weight excluding hydrogens is 600 g/mol. The van der Waals surface area contributed by atoms with Crippen molar-refractivity contribution < 1.29 is 38.9 Å². The summed E-state index contributed by atoms with van der Waals surface area (Å²) in [6.45, 7) is 7.21. The van der Waals surface area contributed by atoms with Crippen LogP contribution in [0.3, 0.4) is 0 Å². The van der Waals surface area contributed by atoms with E-state index in [0.717, 1.165) is 27.9 Å². The summed E-state index contributed by atoms with van der Waals surface area (Å²) in [5.41, 5.74) is 3.12. The number of rotatable bonds is 18. The molecule has 3 aromatic rings. The van der Waals surface area contributed by atoms with Gasteiger partial charge in [-0.15, -0.1) is 25.1 Å². The highest BCUT2D eigenvalue weighted by molar-refractivity contribution is 5.84. The first-order chi connectivity index (χ1) is 22.0. The van der Waals surface area contributed by atoms with Crippen LogP contribution < -0.4 is 0 Å². The molecule has 0 radical (unpaired) electrons. The van der Waals surface area contributed by atoms with Crippen molar-refractivity contribution in [2.45, 2.75) is 78.6 Å². The second-order valence-corrected chi connectivity index (χ2v) is 10.9. The molecule has 1 N–H and O–H groups in total. The van der Waals surface area contributed by atoms with Gasteiger partial charge in [-0.2, -0.15) is 0 Å². The molecule has 0 spiro atoms. The van der Waals surface area contributed by atoms with Crippen molar-refractivity contribution in [2.24, 2.45) is 5.92 Å². The van der Waals surface area contributed by atoms with E-state index in [1.807, 2.05) is 55.5 Å². The van der Waals surface area contributed by atoms with E-state index in [1.54, 1.807) is 20.8 Å². The summed E-state index contributed by atoms with van der Waals surface area (Å²) in [6.07, 6.45) is 0.631. The Labute approximate surface area is 266 Å². The molecule has 1 amide bonds. The third-order valence-electron chi connectivity index (χ3n) is 7.05. The molecule has 0 aliphatic heterocycles. The number of benzene rings is 2. The molecule has 2 atom stereocenters. The van der Waals surface area contributed by atoms with Crippen LogP contribution in [0.5, 0.6) is 0 Å². The number of tetrazole rings is 1. The zero-order valence-corrected chi connectivity index (χ0v) is 26.4. The lowest BCUT2D eigenvalue weighted by atomic mass is 9.97. The van der Waals surface area contributed by atoms with Crippen LogP contribution in [0.1, 0.15) is 71.6 Å². The maximum atomic E-state index is 13.0. The van der Waals surface area contributed by atoms with Crippen LogP contribution >= 0.6 is 0 Å². The van der Waals surface area contributed by atoms with Gasteiger partial charge in [0.05, 0.1) is 13.2 Å². The van der Waals surface area contributed by atoms with E-state index >= 15 is 0 Å². The average molecular weight is 641 g/mol. The van der Waals surface area contributed by atoms with E-state index in [-0.39, 0.29) is 31.6 Å². The molecule has 0 aliphatic rings. The highest BCUT2D eigenvalue weighted by atomic mass is 16.9. The van der Waals surface area contributed by atoms with E-state index < -0.39 is 29.5 Å². The summed E-state index contributed by atoms with van der Waals surface area (Å²) >= 11 is 0. The largest absolute Gasteiger partial charge is 0.510 e. The van der Waals surface area contributed by atoms with Crippen LogP contribution in [-0.4, -0.2) is 72.6 Å². The summed E-state index contributed by atoms with van der Waals surface area (Å²) in [4.78, 5) is 54.1. The third-order valence-corrected chi connectivity index (χ3v) is 7.05. The fraction of sp³-hybridized carbons (Fsp3) is 0.484. The first-order valence-electron chi connectivity index (χ1n) is 15.1. The Morgan fingerprint density at radius 2 is 1.67 bits per heavy atom. The monoisotopic (exact) mass is 640 g/mol. The SMILES string of the molecule is CCCCC(=O)N(Cc1ccc(-c2ccccc2-c2nnn(C(C)OC(=O)OCCCCO[N+](=O)[O-])n2)cc1)C(C(=O)O)C(C)C. The second-order valence-electron chi connectivity index (χ2n) is 10.9. The van der Waals surface area contributed by atoms with E-state index in [2.05, 4.69) is 20.2 Å². The van der Waals surface area contributed by atoms with Crippen molar-refractivity contribution in [1.29, 1.82) is 0 Å². The summed E-state index contributed by atoms with van der Waals surface area (Å²) in [7, 11) is 0. The van der Waals surface area contributed by atoms with Crippen LogP contribution in [-0.2, 0) is 30.4 Å². The zero-order valence-electron chi connectivity index (χ0n) is 26.4. The van der Waals surface area contributed by atoms with Gasteiger partial charge in [-0.1, -0.05) is 75.7 Å². The standard InChI is InChI=1S/C31H40N6O9/c1-5-6-13-27(38)35(28(21(2)3)30(39)40)20-23-14-16-24(17-15-23)25-11-7-8-12-26(25)29-32-34-36(33-29)22(4)46-31(41)44-18-9-10-19-45-37(42)43/h7-8,11-12,14-17,21-22,28H,5-6,9-10,13,18-20H2,1-4H3,(H,39,40). The number of ether oxygens (including phenoxy) is 2. The van der Waals surface area contributed by atoms with Crippen LogP contribution in [0.2, 0.25) is 0 Å².